The van der Waals surface area contributed by atoms with Crippen LogP contribution in [0.1, 0.15) is 25.5 Å². The van der Waals surface area contributed by atoms with Gasteiger partial charge in [-0.2, -0.15) is 5.10 Å². The smallest absolute Gasteiger partial charge is 0.127 e. The number of aromatic nitrogens is 2. The van der Waals surface area contributed by atoms with Crippen molar-refractivity contribution in [2.75, 3.05) is 6.61 Å². The molecule has 2 heterocycles. The van der Waals surface area contributed by atoms with Gasteiger partial charge in [0.1, 0.15) is 24.6 Å². The van der Waals surface area contributed by atoms with Crippen LogP contribution in [0.4, 0.5) is 0 Å². The highest BCUT2D eigenvalue weighted by Gasteiger charge is 2.31. The lowest BCUT2D eigenvalue weighted by atomic mass is 9.98. The number of hydrogen-bond acceptors (Lipinski definition) is 4. The molecule has 102 valence electrons. The first kappa shape index (κ1) is 12.4. The maximum Gasteiger partial charge on any atom is 0.127 e. The largest absolute Gasteiger partial charge is 0.490 e. The molecule has 2 aromatic rings. The number of nitrogens with zero attached hydrogens (tertiary/aromatic N) is 2. The lowest BCUT2D eigenvalue weighted by Crippen LogP contribution is -2.31. The predicted octanol–water partition coefficient (Wildman–Crippen LogP) is 1.48. The lowest BCUT2D eigenvalue weighted by molar-refractivity contribution is -0.0248. The van der Waals surface area contributed by atoms with Crippen molar-refractivity contribution >= 4 is 10.9 Å². The minimum atomic E-state index is -0.921. The van der Waals surface area contributed by atoms with E-state index in [0.717, 1.165) is 17.4 Å². The molecule has 2 N–H and O–H groups in total. The third-order valence-electron chi connectivity index (χ3n) is 3.41. The molecule has 0 radical (unpaired) electrons. The van der Waals surface area contributed by atoms with Gasteiger partial charge < -0.3 is 14.9 Å². The first-order chi connectivity index (χ1) is 9.08. The normalized spacial score (nSPS) is 22.6. The molecular weight excluding hydrogens is 244 g/mol. The SMILES string of the molecule is CC(C)Cn1ncc2ccc3c(c21)[C@H](O)[C@H](O)CO3. The lowest BCUT2D eigenvalue weighted by Gasteiger charge is -2.27. The van der Waals surface area contributed by atoms with Gasteiger partial charge in [-0.15, -0.1) is 0 Å². The molecule has 1 aliphatic heterocycles. The van der Waals surface area contributed by atoms with E-state index < -0.39 is 12.2 Å². The minimum Gasteiger partial charge on any atom is -0.490 e. The summed E-state index contributed by atoms with van der Waals surface area (Å²) < 4.78 is 7.37. The number of ether oxygens (including phenoxy) is 1. The third-order valence-corrected chi connectivity index (χ3v) is 3.41. The highest BCUT2D eigenvalue weighted by atomic mass is 16.5. The van der Waals surface area contributed by atoms with E-state index in [-0.39, 0.29) is 6.61 Å². The summed E-state index contributed by atoms with van der Waals surface area (Å²) in [6.07, 6.45) is -0.0262. The van der Waals surface area contributed by atoms with Gasteiger partial charge in [0, 0.05) is 11.9 Å². The van der Waals surface area contributed by atoms with Crippen LogP contribution in [0.25, 0.3) is 10.9 Å². The second-order valence-corrected chi connectivity index (χ2v) is 5.46. The van der Waals surface area contributed by atoms with Crippen molar-refractivity contribution < 1.29 is 14.9 Å². The summed E-state index contributed by atoms with van der Waals surface area (Å²) >= 11 is 0. The number of hydrogen-bond donors (Lipinski definition) is 2. The summed E-state index contributed by atoms with van der Waals surface area (Å²) in [5.41, 5.74) is 1.51. The fourth-order valence-corrected chi connectivity index (χ4v) is 2.54. The van der Waals surface area contributed by atoms with Crippen LogP contribution in [0.3, 0.4) is 0 Å². The number of fused-ring (bicyclic) bond motifs is 3. The van der Waals surface area contributed by atoms with E-state index in [1.165, 1.54) is 0 Å². The van der Waals surface area contributed by atoms with Crippen LogP contribution in [0.5, 0.6) is 5.75 Å². The van der Waals surface area contributed by atoms with Gasteiger partial charge in [0.15, 0.2) is 0 Å². The number of rotatable bonds is 2. The van der Waals surface area contributed by atoms with Crippen LogP contribution in [-0.4, -0.2) is 32.7 Å². The van der Waals surface area contributed by atoms with E-state index in [9.17, 15) is 10.2 Å². The molecule has 1 aromatic carbocycles. The highest BCUT2D eigenvalue weighted by molar-refractivity contribution is 5.85. The van der Waals surface area contributed by atoms with Crippen LogP contribution in [-0.2, 0) is 6.54 Å². The second kappa shape index (κ2) is 4.51. The summed E-state index contributed by atoms with van der Waals surface area (Å²) in [6.45, 7) is 5.12. The number of aliphatic hydroxyl groups is 2. The number of benzene rings is 1. The molecule has 1 aliphatic rings. The molecule has 0 saturated heterocycles. The van der Waals surface area contributed by atoms with Crippen molar-refractivity contribution in [3.8, 4) is 5.75 Å². The quantitative estimate of drug-likeness (QED) is 0.860. The Morgan fingerprint density at radius 3 is 2.95 bits per heavy atom. The number of aliphatic hydroxyl groups excluding tert-OH is 2. The van der Waals surface area contributed by atoms with Crippen LogP contribution in [0.15, 0.2) is 18.3 Å². The van der Waals surface area contributed by atoms with Gasteiger partial charge in [-0.05, 0) is 18.1 Å². The topological polar surface area (TPSA) is 67.5 Å². The van der Waals surface area contributed by atoms with E-state index in [0.29, 0.717) is 17.2 Å². The fourth-order valence-electron chi connectivity index (χ4n) is 2.54. The van der Waals surface area contributed by atoms with Crippen molar-refractivity contribution in [2.24, 2.45) is 5.92 Å². The van der Waals surface area contributed by atoms with Crippen molar-refractivity contribution in [2.45, 2.75) is 32.6 Å². The first-order valence-electron chi connectivity index (χ1n) is 6.55. The molecule has 0 spiro atoms. The molecule has 0 amide bonds. The second-order valence-electron chi connectivity index (χ2n) is 5.46. The zero-order valence-electron chi connectivity index (χ0n) is 11.1. The third kappa shape index (κ3) is 1.99. The average Bonchev–Trinajstić information content (AvgIpc) is 2.76. The maximum atomic E-state index is 10.2. The van der Waals surface area contributed by atoms with E-state index >= 15 is 0 Å². The molecule has 2 atom stereocenters. The first-order valence-corrected chi connectivity index (χ1v) is 6.55. The Morgan fingerprint density at radius 2 is 2.21 bits per heavy atom. The summed E-state index contributed by atoms with van der Waals surface area (Å²) in [5.74, 6) is 1.08. The molecule has 5 heteroatoms. The summed E-state index contributed by atoms with van der Waals surface area (Å²) in [5, 5.41) is 25.3. The predicted molar refractivity (Wildman–Crippen MR) is 71.0 cm³/mol. The fraction of sp³-hybridized carbons (Fsp3) is 0.500. The van der Waals surface area contributed by atoms with E-state index in [1.807, 2.05) is 16.8 Å². The minimum absolute atomic E-state index is 0.123. The van der Waals surface area contributed by atoms with Crippen LogP contribution in [0.2, 0.25) is 0 Å². The molecule has 0 fully saturated rings. The zero-order valence-corrected chi connectivity index (χ0v) is 11.1. The maximum absolute atomic E-state index is 10.2. The molecule has 19 heavy (non-hydrogen) atoms. The Balaban J connectivity index is 2.21. The van der Waals surface area contributed by atoms with Crippen LogP contribution in [0, 0.1) is 5.92 Å². The molecule has 0 saturated carbocycles. The summed E-state index contributed by atoms with van der Waals surface area (Å²) in [4.78, 5) is 0. The van der Waals surface area contributed by atoms with Gasteiger partial charge in [-0.1, -0.05) is 13.8 Å². The van der Waals surface area contributed by atoms with E-state index in [1.54, 1.807) is 6.20 Å². The Bertz CT molecular complexity index is 606. The average molecular weight is 262 g/mol. The molecule has 0 unspecified atom stereocenters. The van der Waals surface area contributed by atoms with Crippen LogP contribution < -0.4 is 4.74 Å². The highest BCUT2D eigenvalue weighted by Crippen LogP contribution is 2.37. The van der Waals surface area contributed by atoms with Crippen molar-refractivity contribution in [3.05, 3.63) is 23.9 Å². The Labute approximate surface area is 111 Å². The molecule has 0 aliphatic carbocycles. The molecule has 0 bridgehead atoms. The molecular formula is C14H18N2O3. The monoisotopic (exact) mass is 262 g/mol. The van der Waals surface area contributed by atoms with E-state index in [4.69, 9.17) is 4.74 Å². The summed E-state index contributed by atoms with van der Waals surface area (Å²) in [7, 11) is 0. The van der Waals surface area contributed by atoms with Gasteiger partial charge >= 0.3 is 0 Å². The summed E-state index contributed by atoms with van der Waals surface area (Å²) in [6, 6.07) is 3.76. The molecule has 5 nitrogen and oxygen atoms in total. The van der Waals surface area contributed by atoms with Gasteiger partial charge in [-0.3, -0.25) is 4.68 Å². The molecule has 1 aromatic heterocycles. The van der Waals surface area contributed by atoms with Crippen LogP contribution >= 0.6 is 0 Å². The molecule has 3 rings (SSSR count). The Hall–Kier alpha value is -1.59. The van der Waals surface area contributed by atoms with Gasteiger partial charge in [0.25, 0.3) is 0 Å². The zero-order chi connectivity index (χ0) is 13.6. The van der Waals surface area contributed by atoms with Gasteiger partial charge in [0.05, 0.1) is 17.3 Å². The van der Waals surface area contributed by atoms with Gasteiger partial charge in [0.2, 0.25) is 0 Å². The van der Waals surface area contributed by atoms with E-state index in [2.05, 4.69) is 18.9 Å². The van der Waals surface area contributed by atoms with Gasteiger partial charge in [-0.25, -0.2) is 0 Å². The van der Waals surface area contributed by atoms with Crippen molar-refractivity contribution in [1.29, 1.82) is 0 Å². The standard InChI is InChI=1S/C14H18N2O3/c1-8(2)6-16-13-9(5-15-16)3-4-11-12(13)14(18)10(17)7-19-11/h3-5,8,10,14,17-18H,6-7H2,1-2H3/t10-,14-/m1/s1. The van der Waals surface area contributed by atoms with Crippen molar-refractivity contribution in [1.82, 2.24) is 9.78 Å². The Kier molecular flexibility index (Phi) is 2.95. The Morgan fingerprint density at radius 1 is 1.42 bits per heavy atom. The van der Waals surface area contributed by atoms with Crippen molar-refractivity contribution in [3.63, 3.8) is 0 Å².